The summed E-state index contributed by atoms with van der Waals surface area (Å²) in [4.78, 5) is 2.46. The second-order valence-corrected chi connectivity index (χ2v) is 5.84. The van der Waals surface area contributed by atoms with Crippen molar-refractivity contribution in [3.63, 3.8) is 0 Å². The van der Waals surface area contributed by atoms with Gasteiger partial charge in [0, 0.05) is 13.7 Å². The molecule has 1 aromatic carbocycles. The Morgan fingerprint density at radius 3 is 2.43 bits per heavy atom. The summed E-state index contributed by atoms with van der Waals surface area (Å²) in [6.07, 6.45) is 2.02. The molecule has 0 saturated carbocycles. The van der Waals surface area contributed by atoms with Crippen molar-refractivity contribution in [2.24, 2.45) is 5.92 Å². The Labute approximate surface area is 127 Å². The molecule has 0 spiro atoms. The van der Waals surface area contributed by atoms with Crippen molar-refractivity contribution in [1.29, 1.82) is 0 Å². The van der Waals surface area contributed by atoms with Gasteiger partial charge in [0.25, 0.3) is 0 Å². The molecule has 0 amide bonds. The van der Waals surface area contributed by atoms with Gasteiger partial charge in [0.2, 0.25) is 0 Å². The number of methoxy groups -OCH3 is 1. The van der Waals surface area contributed by atoms with E-state index in [1.54, 1.807) is 7.11 Å². The average Bonchev–Trinajstić information content (AvgIpc) is 2.50. The van der Waals surface area contributed by atoms with E-state index >= 15 is 0 Å². The maximum atomic E-state index is 9.63. The highest BCUT2D eigenvalue weighted by Gasteiger charge is 2.22. The lowest BCUT2D eigenvalue weighted by molar-refractivity contribution is 0.0695. The highest BCUT2D eigenvalue weighted by atomic mass is 16.5. The van der Waals surface area contributed by atoms with Crippen LogP contribution in [0.15, 0.2) is 24.3 Å². The molecular weight excluding hydrogens is 266 g/mol. The predicted molar refractivity (Wildman–Crippen MR) is 83.5 cm³/mol. The molecule has 1 N–H and O–H groups in total. The van der Waals surface area contributed by atoms with Crippen molar-refractivity contribution < 1.29 is 14.6 Å². The topological polar surface area (TPSA) is 41.9 Å². The second kappa shape index (κ2) is 8.37. The number of aliphatic hydroxyl groups is 1. The Bertz CT molecular complexity index is 397. The van der Waals surface area contributed by atoms with Gasteiger partial charge < -0.3 is 14.6 Å². The van der Waals surface area contributed by atoms with Gasteiger partial charge in [-0.3, -0.25) is 4.90 Å². The Kier molecular flexibility index (Phi) is 6.49. The molecule has 118 valence electrons. The zero-order valence-corrected chi connectivity index (χ0v) is 13.1. The molecule has 1 aromatic rings. The first-order chi connectivity index (χ1) is 10.2. The molecule has 4 heteroatoms. The van der Waals surface area contributed by atoms with E-state index in [0.717, 1.165) is 38.2 Å². The molecule has 0 radical (unpaired) electrons. The van der Waals surface area contributed by atoms with E-state index in [1.165, 1.54) is 5.56 Å². The molecule has 1 fully saturated rings. The zero-order chi connectivity index (χ0) is 15.1. The first-order valence-electron chi connectivity index (χ1n) is 7.80. The molecule has 2 rings (SSSR count). The molecule has 4 nitrogen and oxygen atoms in total. The number of hydrogen-bond donors (Lipinski definition) is 1. The molecule has 1 heterocycles. The predicted octanol–water partition coefficient (Wildman–Crippen LogP) is 2.30. The number of benzene rings is 1. The lowest BCUT2D eigenvalue weighted by Crippen LogP contribution is -2.36. The minimum atomic E-state index is -0.171. The van der Waals surface area contributed by atoms with E-state index in [0.29, 0.717) is 19.1 Å². The van der Waals surface area contributed by atoms with E-state index in [9.17, 15) is 5.11 Å². The Morgan fingerprint density at radius 2 is 1.86 bits per heavy atom. The van der Waals surface area contributed by atoms with Gasteiger partial charge in [-0.05, 0) is 56.5 Å². The number of rotatable bonds is 7. The van der Waals surface area contributed by atoms with Gasteiger partial charge in [-0.15, -0.1) is 0 Å². The monoisotopic (exact) mass is 293 g/mol. The Morgan fingerprint density at radius 1 is 1.19 bits per heavy atom. The van der Waals surface area contributed by atoms with Crippen LogP contribution in [0.25, 0.3) is 0 Å². The van der Waals surface area contributed by atoms with Crippen LogP contribution in [0.5, 0.6) is 5.75 Å². The summed E-state index contributed by atoms with van der Waals surface area (Å²) in [5.41, 5.74) is 1.31. The molecule has 1 aliphatic heterocycles. The van der Waals surface area contributed by atoms with Crippen molar-refractivity contribution in [3.05, 3.63) is 29.8 Å². The van der Waals surface area contributed by atoms with Crippen LogP contribution in [-0.4, -0.2) is 49.5 Å². The second-order valence-electron chi connectivity index (χ2n) is 5.84. The van der Waals surface area contributed by atoms with Crippen LogP contribution in [0.1, 0.15) is 25.3 Å². The SMILES string of the molecule is COCCOc1ccc(CN2CCC(C(C)O)CC2)cc1. The Balaban J connectivity index is 1.76. The van der Waals surface area contributed by atoms with Crippen LogP contribution in [0, 0.1) is 5.92 Å². The molecular formula is C17H27NO3. The lowest BCUT2D eigenvalue weighted by Gasteiger charge is -2.33. The Hall–Kier alpha value is -1.10. The van der Waals surface area contributed by atoms with Crippen LogP contribution in [0.4, 0.5) is 0 Å². The van der Waals surface area contributed by atoms with Gasteiger partial charge in [0.15, 0.2) is 0 Å². The van der Waals surface area contributed by atoms with E-state index in [2.05, 4.69) is 17.0 Å². The summed E-state index contributed by atoms with van der Waals surface area (Å²) in [6.45, 7) is 6.22. The quantitative estimate of drug-likeness (QED) is 0.783. The molecule has 0 aliphatic carbocycles. The van der Waals surface area contributed by atoms with Gasteiger partial charge >= 0.3 is 0 Å². The van der Waals surface area contributed by atoms with Crippen molar-refractivity contribution in [1.82, 2.24) is 4.90 Å². The molecule has 0 aromatic heterocycles. The lowest BCUT2D eigenvalue weighted by atomic mass is 9.92. The van der Waals surface area contributed by atoms with E-state index in [1.807, 2.05) is 19.1 Å². The van der Waals surface area contributed by atoms with Crippen LogP contribution in [0.2, 0.25) is 0 Å². The van der Waals surface area contributed by atoms with Crippen molar-refractivity contribution in [2.45, 2.75) is 32.4 Å². The van der Waals surface area contributed by atoms with Gasteiger partial charge in [0.1, 0.15) is 12.4 Å². The largest absolute Gasteiger partial charge is 0.491 e. The highest BCUT2D eigenvalue weighted by molar-refractivity contribution is 5.27. The summed E-state index contributed by atoms with van der Waals surface area (Å²) in [5.74, 6) is 1.36. The first kappa shape index (κ1) is 16.3. The fourth-order valence-electron chi connectivity index (χ4n) is 2.79. The summed E-state index contributed by atoms with van der Waals surface area (Å²) >= 11 is 0. The van der Waals surface area contributed by atoms with E-state index in [-0.39, 0.29) is 6.10 Å². The van der Waals surface area contributed by atoms with Gasteiger partial charge in [-0.25, -0.2) is 0 Å². The number of hydrogen-bond acceptors (Lipinski definition) is 4. The van der Waals surface area contributed by atoms with E-state index in [4.69, 9.17) is 9.47 Å². The van der Waals surface area contributed by atoms with Gasteiger partial charge in [-0.1, -0.05) is 12.1 Å². The number of likely N-dealkylation sites (tertiary alicyclic amines) is 1. The molecule has 1 saturated heterocycles. The van der Waals surface area contributed by atoms with Crippen LogP contribution < -0.4 is 4.74 Å². The molecule has 1 atom stereocenters. The van der Waals surface area contributed by atoms with Gasteiger partial charge in [-0.2, -0.15) is 0 Å². The zero-order valence-electron chi connectivity index (χ0n) is 13.1. The number of ether oxygens (including phenoxy) is 2. The minimum Gasteiger partial charge on any atom is -0.491 e. The fraction of sp³-hybridized carbons (Fsp3) is 0.647. The number of piperidine rings is 1. The van der Waals surface area contributed by atoms with Crippen LogP contribution in [-0.2, 0) is 11.3 Å². The number of nitrogens with zero attached hydrogens (tertiary/aromatic N) is 1. The van der Waals surface area contributed by atoms with Crippen molar-refractivity contribution in [2.75, 3.05) is 33.4 Å². The van der Waals surface area contributed by atoms with Crippen LogP contribution in [0.3, 0.4) is 0 Å². The fourth-order valence-corrected chi connectivity index (χ4v) is 2.79. The van der Waals surface area contributed by atoms with Crippen molar-refractivity contribution in [3.8, 4) is 5.75 Å². The third-order valence-electron chi connectivity index (χ3n) is 4.20. The average molecular weight is 293 g/mol. The maximum absolute atomic E-state index is 9.63. The molecule has 1 aliphatic rings. The molecule has 1 unspecified atom stereocenters. The van der Waals surface area contributed by atoms with Crippen LogP contribution >= 0.6 is 0 Å². The summed E-state index contributed by atoms with van der Waals surface area (Å²) in [7, 11) is 1.67. The van der Waals surface area contributed by atoms with Gasteiger partial charge in [0.05, 0.1) is 12.7 Å². The third kappa shape index (κ3) is 5.30. The number of aliphatic hydroxyl groups excluding tert-OH is 1. The highest BCUT2D eigenvalue weighted by Crippen LogP contribution is 2.22. The van der Waals surface area contributed by atoms with E-state index < -0.39 is 0 Å². The molecule has 0 bridgehead atoms. The minimum absolute atomic E-state index is 0.171. The summed E-state index contributed by atoms with van der Waals surface area (Å²) < 4.78 is 10.5. The smallest absolute Gasteiger partial charge is 0.119 e. The first-order valence-corrected chi connectivity index (χ1v) is 7.80. The molecule has 21 heavy (non-hydrogen) atoms. The van der Waals surface area contributed by atoms with Crippen molar-refractivity contribution >= 4 is 0 Å². The summed E-state index contributed by atoms with van der Waals surface area (Å²) in [6, 6.07) is 8.30. The maximum Gasteiger partial charge on any atom is 0.119 e. The standard InChI is InChI=1S/C17H27NO3/c1-14(19)16-7-9-18(10-8-16)13-15-3-5-17(6-4-15)21-12-11-20-2/h3-6,14,16,19H,7-13H2,1-2H3. The summed E-state index contributed by atoms with van der Waals surface area (Å²) in [5, 5.41) is 9.63. The normalized spacial score (nSPS) is 18.6. The third-order valence-corrected chi connectivity index (χ3v) is 4.20.